The highest BCUT2D eigenvalue weighted by Crippen LogP contribution is 2.71. The summed E-state index contributed by atoms with van der Waals surface area (Å²) in [5.74, 6) is 1.21. The maximum atomic E-state index is 14.1. The maximum Gasteiger partial charge on any atom is 0.524 e. The van der Waals surface area contributed by atoms with Crippen molar-refractivity contribution < 1.29 is 38.5 Å². The Hall–Kier alpha value is -2.24. The lowest BCUT2D eigenvalue weighted by Gasteiger charge is -2.40. The molecule has 6 nitrogen and oxygen atoms in total. The topological polar surface area (TPSA) is 71.1 Å². The van der Waals surface area contributed by atoms with Gasteiger partial charge in [-0.1, -0.05) is 18.2 Å². The molecular weight excluding hydrogens is 638 g/mol. The minimum Gasteiger partial charge on any atom is -0.544 e. The van der Waals surface area contributed by atoms with Gasteiger partial charge in [-0.25, -0.2) is 0 Å². The van der Waals surface area contributed by atoms with Crippen LogP contribution in [0.15, 0.2) is 87.5 Å². The number of halogens is 3. The van der Waals surface area contributed by atoms with Gasteiger partial charge in [0.25, 0.3) is 0 Å². The molecule has 0 fully saturated rings. The molecule has 0 aromatic heterocycles. The van der Waals surface area contributed by atoms with Gasteiger partial charge in [0.15, 0.2) is 0 Å². The molecule has 0 unspecified atom stereocenters. The number of rotatable bonds is 11. The first-order chi connectivity index (χ1) is 19.0. The third-order valence-electron chi connectivity index (χ3n) is 5.16. The minimum absolute atomic E-state index is 0.210. The van der Waals surface area contributed by atoms with Crippen LogP contribution in [0.1, 0.15) is 0 Å². The summed E-state index contributed by atoms with van der Waals surface area (Å²) in [6.45, 7) is 17.7. The lowest BCUT2D eigenvalue weighted by Crippen LogP contribution is -2.30. The van der Waals surface area contributed by atoms with Crippen molar-refractivity contribution in [3.63, 3.8) is 0 Å². The summed E-state index contributed by atoms with van der Waals surface area (Å²) in [6, 6.07) is 19.4. The van der Waals surface area contributed by atoms with Gasteiger partial charge in [0.05, 0.1) is 0 Å². The third kappa shape index (κ3) is 8.89. The van der Waals surface area contributed by atoms with Crippen LogP contribution in [0.25, 0.3) is 0 Å². The van der Waals surface area contributed by atoms with E-state index in [2.05, 4.69) is 0 Å². The first kappa shape index (κ1) is 34.3. The molecule has 0 saturated carbocycles. The highest BCUT2D eigenvalue weighted by molar-refractivity contribution is 8.33. The van der Waals surface area contributed by atoms with E-state index in [0.717, 1.165) is 0 Å². The molecule has 0 bridgehead atoms. The smallest absolute Gasteiger partial charge is 0.524 e. The van der Waals surface area contributed by atoms with Crippen molar-refractivity contribution in [3.8, 4) is 17.2 Å². The number of benzene rings is 3. The van der Waals surface area contributed by atoms with Crippen molar-refractivity contribution in [1.82, 2.24) is 0 Å². The van der Waals surface area contributed by atoms with Gasteiger partial charge in [0.2, 0.25) is 25.0 Å². The molecule has 0 N–H and O–H groups in total. The van der Waals surface area contributed by atoms with E-state index in [1.165, 1.54) is 0 Å². The van der Waals surface area contributed by atoms with Crippen LogP contribution in [-0.2, 0) is 13.7 Å². The van der Waals surface area contributed by atoms with Crippen LogP contribution in [0.3, 0.4) is 0 Å². The van der Waals surface area contributed by atoms with E-state index >= 15 is 0 Å². The monoisotopic (exact) mass is 676 g/mol. The van der Waals surface area contributed by atoms with Gasteiger partial charge in [-0.05, 0) is 124 Å². The first-order valence-electron chi connectivity index (χ1n) is 13.2. The first-order valence-corrected chi connectivity index (χ1v) is 26.4. The zero-order valence-electron chi connectivity index (χ0n) is 25.3. The van der Waals surface area contributed by atoms with Crippen molar-refractivity contribution in [2.75, 3.05) is 0 Å². The normalized spacial score (nSPS) is 13.9. The highest BCUT2D eigenvalue weighted by atomic mass is 32.3. The highest BCUT2D eigenvalue weighted by Gasteiger charge is 2.52. The van der Waals surface area contributed by atoms with Gasteiger partial charge < -0.3 is 13.3 Å². The number of hydrogen-bond donors (Lipinski definition) is 0. The SMILES string of the molecule is C[Si](C)(C)Oc1cccc(S(OS(=O)(=O)C(F)(F)F)(c2cccc(O[Si](C)(C)C)c2)c2cccc(O[Si](C)(C)C)c2)c1. The van der Waals surface area contributed by atoms with E-state index in [4.69, 9.17) is 16.9 Å². The molecule has 0 radical (unpaired) electrons. The Bertz CT molecular complexity index is 1370. The van der Waals surface area contributed by atoms with Gasteiger partial charge >= 0.3 is 15.6 Å². The Morgan fingerprint density at radius 2 is 0.833 bits per heavy atom. The van der Waals surface area contributed by atoms with Gasteiger partial charge in [-0.3, -0.25) is 0 Å². The summed E-state index contributed by atoms with van der Waals surface area (Å²) < 4.78 is 92.1. The zero-order chi connectivity index (χ0) is 31.8. The van der Waals surface area contributed by atoms with E-state index < -0.39 is 50.9 Å². The Morgan fingerprint density at radius 1 is 0.548 bits per heavy atom. The number of alkyl halides is 3. The van der Waals surface area contributed by atoms with E-state index in [1.54, 1.807) is 72.8 Å². The lowest BCUT2D eigenvalue weighted by atomic mass is 10.3. The molecule has 0 spiro atoms. The molecule has 42 heavy (non-hydrogen) atoms. The molecule has 3 aromatic rings. The second-order valence-corrected chi connectivity index (χ2v) is 30.3. The molecular formula is C28H39F3O6S2Si3. The van der Waals surface area contributed by atoms with Crippen LogP contribution in [0.5, 0.6) is 17.2 Å². The fourth-order valence-electron chi connectivity index (χ4n) is 3.91. The van der Waals surface area contributed by atoms with Gasteiger partial charge in [-0.15, -0.1) is 0 Å². The second-order valence-electron chi connectivity index (χ2n) is 12.6. The summed E-state index contributed by atoms with van der Waals surface area (Å²) >= 11 is 0. The summed E-state index contributed by atoms with van der Waals surface area (Å²) in [4.78, 5) is 0.629. The van der Waals surface area contributed by atoms with Gasteiger partial charge in [-0.2, -0.15) is 25.2 Å². The molecule has 0 aliphatic rings. The van der Waals surface area contributed by atoms with Gasteiger partial charge in [0.1, 0.15) is 17.2 Å². The molecule has 0 heterocycles. The molecule has 0 saturated heterocycles. The third-order valence-corrected chi connectivity index (χ3v) is 12.6. The molecule has 232 valence electrons. The van der Waals surface area contributed by atoms with E-state index in [1.807, 2.05) is 58.9 Å². The quantitative estimate of drug-likeness (QED) is 0.149. The molecule has 0 aliphatic carbocycles. The Labute approximate surface area is 252 Å². The Kier molecular flexibility index (Phi) is 9.82. The van der Waals surface area contributed by atoms with Crippen molar-refractivity contribution in [3.05, 3.63) is 72.8 Å². The second kappa shape index (κ2) is 12.0. The van der Waals surface area contributed by atoms with Crippen LogP contribution < -0.4 is 13.3 Å². The van der Waals surface area contributed by atoms with Crippen molar-refractivity contribution in [2.45, 2.75) is 79.1 Å². The Balaban J connectivity index is 2.47. The van der Waals surface area contributed by atoms with E-state index in [0.29, 0.717) is 17.2 Å². The summed E-state index contributed by atoms with van der Waals surface area (Å²) in [5.41, 5.74) is -5.67. The summed E-state index contributed by atoms with van der Waals surface area (Å²) in [6.07, 6.45) is 0. The molecule has 0 aliphatic heterocycles. The van der Waals surface area contributed by atoms with Crippen molar-refractivity contribution >= 4 is 45.4 Å². The van der Waals surface area contributed by atoms with Crippen molar-refractivity contribution in [1.29, 1.82) is 0 Å². The van der Waals surface area contributed by atoms with Crippen LogP contribution >= 0.6 is 10.3 Å². The predicted molar refractivity (Wildman–Crippen MR) is 170 cm³/mol. The van der Waals surface area contributed by atoms with Crippen LogP contribution in [0.4, 0.5) is 13.2 Å². The largest absolute Gasteiger partial charge is 0.544 e. The predicted octanol–water partition coefficient (Wildman–Crippen LogP) is 9.39. The molecule has 3 rings (SSSR count). The average Bonchev–Trinajstić information content (AvgIpc) is 2.79. The fraction of sp³-hybridized carbons (Fsp3) is 0.357. The van der Waals surface area contributed by atoms with E-state index in [-0.39, 0.29) is 14.7 Å². The van der Waals surface area contributed by atoms with Crippen molar-refractivity contribution in [2.24, 2.45) is 0 Å². The van der Waals surface area contributed by atoms with Crippen LogP contribution in [-0.4, -0.2) is 38.9 Å². The molecule has 0 amide bonds. The lowest BCUT2D eigenvalue weighted by molar-refractivity contribution is -0.0496. The molecule has 3 aromatic carbocycles. The Morgan fingerprint density at radius 3 is 1.07 bits per heavy atom. The van der Waals surface area contributed by atoms with E-state index in [9.17, 15) is 21.6 Å². The summed E-state index contributed by atoms with van der Waals surface area (Å²) in [5, 5.41) is 0. The standard InChI is InChI=1S/C28H39F3O6S2Si3/c1-40(2,3)34-22-13-10-16-25(19-22)38(37-39(32,33)28(29,30)31,26-17-11-14-23(20-26)35-41(4,5)6)27-18-12-15-24(21-27)36-42(7,8)9/h10-21H,1-9H3. The summed E-state index contributed by atoms with van der Waals surface area (Å²) in [7, 11) is -16.2. The average molecular weight is 677 g/mol. The number of hydrogen-bond acceptors (Lipinski definition) is 6. The molecule has 0 atom stereocenters. The van der Waals surface area contributed by atoms with Gasteiger partial charge in [0, 0.05) is 14.7 Å². The maximum absolute atomic E-state index is 14.1. The zero-order valence-corrected chi connectivity index (χ0v) is 30.0. The van der Waals surface area contributed by atoms with Crippen LogP contribution in [0, 0.1) is 0 Å². The van der Waals surface area contributed by atoms with Crippen LogP contribution in [0.2, 0.25) is 58.9 Å². The fourth-order valence-corrected chi connectivity index (χ4v) is 11.2. The minimum atomic E-state index is -6.10. The molecule has 14 heteroatoms.